The number of hydrogen-bond donors (Lipinski definition) is 1. The first-order valence-corrected chi connectivity index (χ1v) is 8.49. The van der Waals surface area contributed by atoms with E-state index in [9.17, 15) is 4.79 Å². The molecule has 2 aromatic carbocycles. The van der Waals surface area contributed by atoms with Crippen LogP contribution in [0.3, 0.4) is 0 Å². The van der Waals surface area contributed by atoms with Crippen molar-refractivity contribution in [2.45, 2.75) is 25.3 Å². The van der Waals surface area contributed by atoms with Crippen LogP contribution in [-0.4, -0.2) is 26.1 Å². The number of halogens is 1. The normalized spacial score (nSPS) is 13.6. The van der Waals surface area contributed by atoms with Crippen molar-refractivity contribution in [2.75, 3.05) is 5.32 Å². The number of nitrogens with zero attached hydrogens (tertiary/aromatic N) is 4. The molecule has 7 heteroatoms. The predicted octanol–water partition coefficient (Wildman–Crippen LogP) is 3.51. The maximum absolute atomic E-state index is 12.2. The van der Waals surface area contributed by atoms with Crippen molar-refractivity contribution in [1.82, 2.24) is 20.2 Å². The van der Waals surface area contributed by atoms with E-state index in [0.29, 0.717) is 17.5 Å². The summed E-state index contributed by atoms with van der Waals surface area (Å²) in [7, 11) is 0. The molecule has 1 aliphatic carbocycles. The molecule has 0 aliphatic heterocycles. The van der Waals surface area contributed by atoms with Crippen molar-refractivity contribution >= 4 is 23.2 Å². The molecule has 0 spiro atoms. The second kappa shape index (κ2) is 6.64. The highest BCUT2D eigenvalue weighted by atomic mass is 35.5. The monoisotopic (exact) mass is 353 g/mol. The van der Waals surface area contributed by atoms with Crippen LogP contribution >= 0.6 is 11.6 Å². The van der Waals surface area contributed by atoms with Crippen LogP contribution in [0.2, 0.25) is 5.02 Å². The molecule has 0 atom stereocenters. The van der Waals surface area contributed by atoms with Crippen LogP contribution in [-0.2, 0) is 11.2 Å². The van der Waals surface area contributed by atoms with E-state index in [2.05, 4.69) is 20.8 Å². The van der Waals surface area contributed by atoms with E-state index in [1.165, 1.54) is 0 Å². The van der Waals surface area contributed by atoms with Crippen molar-refractivity contribution in [3.05, 3.63) is 59.1 Å². The van der Waals surface area contributed by atoms with E-state index in [1.807, 2.05) is 41.1 Å². The molecule has 1 aromatic heterocycles. The molecule has 0 unspecified atom stereocenters. The van der Waals surface area contributed by atoms with Gasteiger partial charge in [0.05, 0.1) is 12.5 Å². The molecule has 0 saturated heterocycles. The van der Waals surface area contributed by atoms with Crippen LogP contribution in [0.15, 0.2) is 48.5 Å². The molecular formula is C18H16ClN5O. The van der Waals surface area contributed by atoms with Crippen LogP contribution in [0, 0.1) is 0 Å². The number of nitrogens with one attached hydrogen (secondary N) is 1. The summed E-state index contributed by atoms with van der Waals surface area (Å²) in [6.07, 6.45) is 2.55. The molecule has 126 valence electrons. The van der Waals surface area contributed by atoms with Crippen molar-refractivity contribution in [2.24, 2.45) is 0 Å². The molecule has 1 amide bonds. The molecule has 4 rings (SSSR count). The Hall–Kier alpha value is -2.73. The van der Waals surface area contributed by atoms with Crippen molar-refractivity contribution in [1.29, 1.82) is 0 Å². The zero-order chi connectivity index (χ0) is 17.2. The van der Waals surface area contributed by atoms with Gasteiger partial charge in [-0.2, -0.15) is 0 Å². The first kappa shape index (κ1) is 15.8. The number of rotatable bonds is 5. The minimum absolute atomic E-state index is 0.0714. The van der Waals surface area contributed by atoms with E-state index in [0.717, 1.165) is 35.5 Å². The summed E-state index contributed by atoms with van der Waals surface area (Å²) in [4.78, 5) is 12.2. The number of tetrazole rings is 1. The Bertz CT molecular complexity index is 885. The average molecular weight is 354 g/mol. The Kier molecular flexibility index (Phi) is 4.19. The van der Waals surface area contributed by atoms with E-state index in [-0.39, 0.29) is 5.91 Å². The summed E-state index contributed by atoms with van der Waals surface area (Å²) in [6, 6.07) is 15.2. The molecular weight excluding hydrogens is 338 g/mol. The van der Waals surface area contributed by atoms with Gasteiger partial charge in [0.15, 0.2) is 5.82 Å². The van der Waals surface area contributed by atoms with Gasteiger partial charge in [0.2, 0.25) is 5.91 Å². The Morgan fingerprint density at radius 2 is 1.84 bits per heavy atom. The third-order valence-corrected chi connectivity index (χ3v) is 4.34. The lowest BCUT2D eigenvalue weighted by atomic mass is 10.1. The van der Waals surface area contributed by atoms with Gasteiger partial charge in [-0.1, -0.05) is 23.7 Å². The third kappa shape index (κ3) is 3.69. The lowest BCUT2D eigenvalue weighted by Gasteiger charge is -2.07. The summed E-state index contributed by atoms with van der Waals surface area (Å²) in [5, 5.41) is 15.5. The molecule has 0 bridgehead atoms. The fourth-order valence-corrected chi connectivity index (χ4v) is 2.77. The van der Waals surface area contributed by atoms with Gasteiger partial charge in [0.25, 0.3) is 0 Å². The standard InChI is InChI=1S/C18H16ClN5O/c19-14-5-1-12(2-6-14)11-17(25)20-15-7-3-13(4-8-15)18-21-22-23-24(18)16-9-10-16/h1-8,16H,9-11H2,(H,20,25). The van der Waals surface area contributed by atoms with E-state index < -0.39 is 0 Å². The Morgan fingerprint density at radius 3 is 2.52 bits per heavy atom. The Labute approximate surface area is 149 Å². The number of amides is 1. The van der Waals surface area contributed by atoms with Gasteiger partial charge >= 0.3 is 0 Å². The van der Waals surface area contributed by atoms with Crippen LogP contribution in [0.1, 0.15) is 24.4 Å². The zero-order valence-electron chi connectivity index (χ0n) is 13.4. The number of carbonyl (C=O) groups excluding carboxylic acids is 1. The fraction of sp³-hybridized carbons (Fsp3) is 0.222. The maximum Gasteiger partial charge on any atom is 0.228 e. The van der Waals surface area contributed by atoms with Crippen molar-refractivity contribution in [3.8, 4) is 11.4 Å². The van der Waals surface area contributed by atoms with E-state index >= 15 is 0 Å². The van der Waals surface area contributed by atoms with Crippen molar-refractivity contribution in [3.63, 3.8) is 0 Å². The quantitative estimate of drug-likeness (QED) is 0.761. The van der Waals surface area contributed by atoms with Gasteiger partial charge in [-0.05, 0) is 65.2 Å². The largest absolute Gasteiger partial charge is 0.326 e. The van der Waals surface area contributed by atoms with Gasteiger partial charge < -0.3 is 5.32 Å². The van der Waals surface area contributed by atoms with E-state index in [4.69, 9.17) is 11.6 Å². The fourth-order valence-electron chi connectivity index (χ4n) is 2.64. The Balaban J connectivity index is 1.42. The second-order valence-corrected chi connectivity index (χ2v) is 6.54. The predicted molar refractivity (Wildman–Crippen MR) is 95.3 cm³/mol. The number of aromatic nitrogens is 4. The van der Waals surface area contributed by atoms with Crippen molar-refractivity contribution < 1.29 is 4.79 Å². The highest BCUT2D eigenvalue weighted by Gasteiger charge is 2.28. The average Bonchev–Trinajstić information content (AvgIpc) is 3.34. The van der Waals surface area contributed by atoms with Gasteiger partial charge in [-0.15, -0.1) is 5.10 Å². The van der Waals surface area contributed by atoms with Crippen LogP contribution < -0.4 is 5.32 Å². The third-order valence-electron chi connectivity index (χ3n) is 4.09. The van der Waals surface area contributed by atoms with Crippen LogP contribution in [0.4, 0.5) is 5.69 Å². The van der Waals surface area contributed by atoms with Crippen LogP contribution in [0.25, 0.3) is 11.4 Å². The molecule has 3 aromatic rings. The minimum Gasteiger partial charge on any atom is -0.326 e. The summed E-state index contributed by atoms with van der Waals surface area (Å²) in [6.45, 7) is 0. The molecule has 1 aliphatic rings. The number of benzene rings is 2. The highest BCUT2D eigenvalue weighted by Crippen LogP contribution is 2.36. The maximum atomic E-state index is 12.2. The second-order valence-electron chi connectivity index (χ2n) is 6.11. The summed E-state index contributed by atoms with van der Waals surface area (Å²) < 4.78 is 1.87. The first-order valence-electron chi connectivity index (χ1n) is 8.11. The molecule has 1 heterocycles. The number of anilines is 1. The van der Waals surface area contributed by atoms with Gasteiger partial charge in [-0.3, -0.25) is 4.79 Å². The number of hydrogen-bond acceptors (Lipinski definition) is 4. The van der Waals surface area contributed by atoms with Gasteiger partial charge in [-0.25, -0.2) is 4.68 Å². The number of carbonyl (C=O) groups is 1. The molecule has 25 heavy (non-hydrogen) atoms. The molecule has 1 N–H and O–H groups in total. The summed E-state index contributed by atoms with van der Waals surface area (Å²) in [5.74, 6) is 0.694. The highest BCUT2D eigenvalue weighted by molar-refractivity contribution is 6.30. The lowest BCUT2D eigenvalue weighted by molar-refractivity contribution is -0.115. The smallest absolute Gasteiger partial charge is 0.228 e. The molecule has 6 nitrogen and oxygen atoms in total. The topological polar surface area (TPSA) is 72.7 Å². The minimum atomic E-state index is -0.0714. The van der Waals surface area contributed by atoms with E-state index in [1.54, 1.807) is 12.1 Å². The SMILES string of the molecule is O=C(Cc1ccc(Cl)cc1)Nc1ccc(-c2nnnn2C2CC2)cc1. The molecule has 0 radical (unpaired) electrons. The first-order chi connectivity index (χ1) is 12.2. The summed E-state index contributed by atoms with van der Waals surface area (Å²) >= 11 is 5.85. The van der Waals surface area contributed by atoms with Gasteiger partial charge in [0, 0.05) is 16.3 Å². The van der Waals surface area contributed by atoms with Crippen LogP contribution in [0.5, 0.6) is 0 Å². The van der Waals surface area contributed by atoms with Gasteiger partial charge in [0.1, 0.15) is 0 Å². The molecule has 1 saturated carbocycles. The zero-order valence-corrected chi connectivity index (χ0v) is 14.1. The molecule has 1 fully saturated rings. The summed E-state index contributed by atoms with van der Waals surface area (Å²) in [5.41, 5.74) is 2.60. The Morgan fingerprint density at radius 1 is 1.12 bits per heavy atom. The lowest BCUT2D eigenvalue weighted by Crippen LogP contribution is -2.14.